The molecule has 0 fully saturated rings. The molecule has 3 heteroatoms. The molecule has 0 saturated heterocycles. The highest BCUT2D eigenvalue weighted by molar-refractivity contribution is 5.83. The number of nitrogens with one attached hydrogen (secondary N) is 1. The summed E-state index contributed by atoms with van der Waals surface area (Å²) in [6, 6.07) is 0. The molecule has 0 atom stereocenters. The van der Waals surface area contributed by atoms with Crippen LogP contribution in [0.3, 0.4) is 0 Å². The van der Waals surface area contributed by atoms with Crippen LogP contribution in [0.25, 0.3) is 0 Å². The van der Waals surface area contributed by atoms with Crippen LogP contribution in [-0.2, 0) is 0 Å². The van der Waals surface area contributed by atoms with Gasteiger partial charge in [-0.1, -0.05) is 13.8 Å². The third kappa shape index (κ3) is 6.46. The predicted octanol–water partition coefficient (Wildman–Crippen LogP) is 2.18. The van der Waals surface area contributed by atoms with Gasteiger partial charge in [0.1, 0.15) is 5.84 Å². The van der Waals surface area contributed by atoms with Gasteiger partial charge in [-0.25, -0.2) is 4.99 Å². The van der Waals surface area contributed by atoms with Crippen LogP contribution < -0.4 is 0 Å². The molecule has 0 spiro atoms. The molecule has 0 aliphatic heterocycles. The molecule has 0 aliphatic carbocycles. The van der Waals surface area contributed by atoms with Crippen molar-refractivity contribution in [2.24, 2.45) is 4.99 Å². The standard InChI is InChI=1S/C10H21N3/c1-4-8-13(5-2)9-6-7-10(11)12-3/h11H,3-9H2,1-2H3. The summed E-state index contributed by atoms with van der Waals surface area (Å²) >= 11 is 0. The lowest BCUT2D eigenvalue weighted by atomic mass is 10.2. The van der Waals surface area contributed by atoms with E-state index in [0.29, 0.717) is 5.84 Å². The second-order valence-electron chi connectivity index (χ2n) is 3.14. The van der Waals surface area contributed by atoms with Gasteiger partial charge in [0.05, 0.1) is 0 Å². The normalized spacial score (nSPS) is 10.4. The third-order valence-electron chi connectivity index (χ3n) is 2.07. The lowest BCUT2D eigenvalue weighted by molar-refractivity contribution is 0.287. The Hall–Kier alpha value is -0.700. The number of aliphatic imine (C=N–C) groups is 1. The molecule has 0 amide bonds. The van der Waals surface area contributed by atoms with E-state index in [0.717, 1.165) is 32.5 Å². The molecule has 0 aromatic carbocycles. The summed E-state index contributed by atoms with van der Waals surface area (Å²) in [5.41, 5.74) is 0. The zero-order valence-electron chi connectivity index (χ0n) is 8.84. The number of hydrogen-bond donors (Lipinski definition) is 1. The second kappa shape index (κ2) is 7.92. The minimum absolute atomic E-state index is 0.410. The first-order chi connectivity index (χ1) is 6.24. The van der Waals surface area contributed by atoms with E-state index in [1.807, 2.05) is 0 Å². The van der Waals surface area contributed by atoms with Crippen LogP contribution in [0.15, 0.2) is 4.99 Å². The van der Waals surface area contributed by atoms with Crippen molar-refractivity contribution in [2.45, 2.75) is 33.1 Å². The molecular formula is C10H21N3. The van der Waals surface area contributed by atoms with Crippen molar-refractivity contribution in [1.82, 2.24) is 4.90 Å². The van der Waals surface area contributed by atoms with Crippen molar-refractivity contribution in [3.63, 3.8) is 0 Å². The largest absolute Gasteiger partial charge is 0.304 e. The Labute approximate surface area is 81.4 Å². The first-order valence-electron chi connectivity index (χ1n) is 5.01. The van der Waals surface area contributed by atoms with Crippen molar-refractivity contribution in [2.75, 3.05) is 19.6 Å². The molecule has 0 rings (SSSR count). The zero-order valence-corrected chi connectivity index (χ0v) is 8.84. The Morgan fingerprint density at radius 3 is 2.54 bits per heavy atom. The lowest BCUT2D eigenvalue weighted by Gasteiger charge is -2.18. The quantitative estimate of drug-likeness (QED) is 0.477. The van der Waals surface area contributed by atoms with Crippen molar-refractivity contribution in [3.8, 4) is 0 Å². The van der Waals surface area contributed by atoms with E-state index >= 15 is 0 Å². The number of nitrogens with zero attached hydrogens (tertiary/aromatic N) is 2. The maximum Gasteiger partial charge on any atom is 0.119 e. The summed E-state index contributed by atoms with van der Waals surface area (Å²) in [6.07, 6.45) is 2.97. The molecular weight excluding hydrogens is 162 g/mol. The molecule has 0 radical (unpaired) electrons. The van der Waals surface area contributed by atoms with Gasteiger partial charge in [0.15, 0.2) is 0 Å². The van der Waals surface area contributed by atoms with E-state index in [1.54, 1.807) is 0 Å². The highest BCUT2D eigenvalue weighted by Gasteiger charge is 2.00. The van der Waals surface area contributed by atoms with Crippen LogP contribution in [0.1, 0.15) is 33.1 Å². The van der Waals surface area contributed by atoms with Gasteiger partial charge in [0, 0.05) is 6.42 Å². The molecule has 13 heavy (non-hydrogen) atoms. The maximum absolute atomic E-state index is 7.29. The molecule has 3 nitrogen and oxygen atoms in total. The summed E-state index contributed by atoms with van der Waals surface area (Å²) in [5.74, 6) is 0.410. The smallest absolute Gasteiger partial charge is 0.119 e. The van der Waals surface area contributed by atoms with Crippen LogP contribution in [0.4, 0.5) is 0 Å². The molecule has 0 unspecified atom stereocenters. The fourth-order valence-electron chi connectivity index (χ4n) is 1.29. The van der Waals surface area contributed by atoms with Crippen LogP contribution in [0, 0.1) is 5.41 Å². The third-order valence-corrected chi connectivity index (χ3v) is 2.07. The molecule has 0 bridgehead atoms. The monoisotopic (exact) mass is 183 g/mol. The molecule has 0 aromatic rings. The van der Waals surface area contributed by atoms with Crippen molar-refractivity contribution >= 4 is 12.6 Å². The van der Waals surface area contributed by atoms with Gasteiger partial charge in [0.25, 0.3) is 0 Å². The summed E-state index contributed by atoms with van der Waals surface area (Å²) in [7, 11) is 0. The fraction of sp³-hybridized carbons (Fsp3) is 0.800. The van der Waals surface area contributed by atoms with Crippen LogP contribution in [0.2, 0.25) is 0 Å². The average molecular weight is 183 g/mol. The van der Waals surface area contributed by atoms with Crippen molar-refractivity contribution in [3.05, 3.63) is 0 Å². The number of rotatable bonds is 7. The first-order valence-corrected chi connectivity index (χ1v) is 5.01. The van der Waals surface area contributed by atoms with Gasteiger partial charge in [-0.15, -0.1) is 0 Å². The molecule has 0 aromatic heterocycles. The topological polar surface area (TPSA) is 39.5 Å². The minimum atomic E-state index is 0.410. The SMILES string of the molecule is C=NC(=N)CCCN(CC)CCC. The van der Waals surface area contributed by atoms with Gasteiger partial charge < -0.3 is 4.90 Å². The minimum Gasteiger partial charge on any atom is -0.304 e. The van der Waals surface area contributed by atoms with Crippen molar-refractivity contribution < 1.29 is 0 Å². The highest BCUT2D eigenvalue weighted by Crippen LogP contribution is 1.98. The average Bonchev–Trinajstić information content (AvgIpc) is 2.16. The van der Waals surface area contributed by atoms with E-state index in [9.17, 15) is 0 Å². The Morgan fingerprint density at radius 2 is 2.08 bits per heavy atom. The van der Waals surface area contributed by atoms with E-state index in [2.05, 4.69) is 30.5 Å². The Kier molecular flexibility index (Phi) is 7.50. The second-order valence-corrected chi connectivity index (χ2v) is 3.14. The Morgan fingerprint density at radius 1 is 1.38 bits per heavy atom. The maximum atomic E-state index is 7.29. The first kappa shape index (κ1) is 12.3. The summed E-state index contributed by atoms with van der Waals surface area (Å²) in [5, 5.41) is 7.29. The highest BCUT2D eigenvalue weighted by atomic mass is 15.1. The summed E-state index contributed by atoms with van der Waals surface area (Å²) < 4.78 is 0. The Bertz CT molecular complexity index is 154. The van der Waals surface area contributed by atoms with Crippen molar-refractivity contribution in [1.29, 1.82) is 5.41 Å². The molecule has 0 heterocycles. The zero-order chi connectivity index (χ0) is 10.1. The molecule has 1 N–H and O–H groups in total. The van der Waals surface area contributed by atoms with E-state index < -0.39 is 0 Å². The molecule has 0 aliphatic rings. The Balaban J connectivity index is 3.48. The van der Waals surface area contributed by atoms with E-state index in [-0.39, 0.29) is 0 Å². The fourth-order valence-corrected chi connectivity index (χ4v) is 1.29. The van der Waals surface area contributed by atoms with Crippen LogP contribution >= 0.6 is 0 Å². The lowest BCUT2D eigenvalue weighted by Crippen LogP contribution is -2.25. The van der Waals surface area contributed by atoms with E-state index in [4.69, 9.17) is 5.41 Å². The van der Waals surface area contributed by atoms with Gasteiger partial charge in [0.2, 0.25) is 0 Å². The van der Waals surface area contributed by atoms with Gasteiger partial charge in [-0.3, -0.25) is 5.41 Å². The molecule has 76 valence electrons. The van der Waals surface area contributed by atoms with Gasteiger partial charge >= 0.3 is 0 Å². The summed E-state index contributed by atoms with van der Waals surface area (Å²) in [4.78, 5) is 5.97. The van der Waals surface area contributed by atoms with E-state index in [1.165, 1.54) is 6.42 Å². The van der Waals surface area contributed by atoms with Gasteiger partial charge in [-0.2, -0.15) is 0 Å². The number of amidine groups is 1. The van der Waals surface area contributed by atoms with Crippen LogP contribution in [0.5, 0.6) is 0 Å². The summed E-state index contributed by atoms with van der Waals surface area (Å²) in [6.45, 7) is 11.0. The van der Waals surface area contributed by atoms with Crippen LogP contribution in [-0.4, -0.2) is 37.1 Å². The molecule has 0 saturated carbocycles. The van der Waals surface area contributed by atoms with Gasteiger partial charge in [-0.05, 0) is 39.2 Å². The number of hydrogen-bond acceptors (Lipinski definition) is 2. The predicted molar refractivity (Wildman–Crippen MR) is 58.9 cm³/mol.